The molecule has 0 saturated carbocycles. The molecule has 1 unspecified atom stereocenters. The molecule has 0 spiro atoms. The Bertz CT molecular complexity index is 691. The van der Waals surface area contributed by atoms with Crippen LogP contribution >= 0.6 is 0 Å². The van der Waals surface area contributed by atoms with Crippen LogP contribution in [-0.4, -0.2) is 14.5 Å². The molecule has 1 atom stereocenters. The van der Waals surface area contributed by atoms with Crippen molar-refractivity contribution in [2.75, 3.05) is 0 Å². The average Bonchev–Trinajstić information content (AvgIpc) is 2.41. The lowest BCUT2D eigenvalue weighted by atomic mass is 10.1. The van der Waals surface area contributed by atoms with Crippen molar-refractivity contribution >= 4 is 10.1 Å². The van der Waals surface area contributed by atoms with Crippen molar-refractivity contribution in [1.29, 1.82) is 0 Å². The first kappa shape index (κ1) is 15.7. The largest absolute Gasteiger partial charge is 0.297 e. The summed E-state index contributed by atoms with van der Waals surface area (Å²) < 4.78 is 42.2. The third-order valence-corrected chi connectivity index (χ3v) is 4.47. The maximum atomic E-state index is 12.8. The molecule has 0 amide bonds. The van der Waals surface area contributed by atoms with Crippen LogP contribution in [-0.2, 0) is 20.7 Å². The van der Waals surface area contributed by atoms with E-state index >= 15 is 0 Å². The quantitative estimate of drug-likeness (QED) is 0.794. The lowest BCUT2D eigenvalue weighted by molar-refractivity contribution is 0.229. The first-order chi connectivity index (χ1) is 9.87. The second kappa shape index (κ2) is 6.37. The van der Waals surface area contributed by atoms with Crippen LogP contribution < -0.4 is 0 Å². The smallest absolute Gasteiger partial charge is 0.263 e. The van der Waals surface area contributed by atoms with E-state index in [1.165, 1.54) is 24.3 Å². The zero-order chi connectivity index (χ0) is 15.5. The van der Waals surface area contributed by atoms with E-state index < -0.39 is 16.2 Å². The zero-order valence-electron chi connectivity index (χ0n) is 11.9. The van der Waals surface area contributed by atoms with Gasteiger partial charge in [0.1, 0.15) is 5.82 Å². The van der Waals surface area contributed by atoms with Gasteiger partial charge in [-0.25, -0.2) is 4.39 Å². The summed E-state index contributed by atoms with van der Waals surface area (Å²) >= 11 is 0. The van der Waals surface area contributed by atoms with E-state index in [0.717, 1.165) is 11.1 Å². The number of halogens is 1. The van der Waals surface area contributed by atoms with Crippen LogP contribution in [0.3, 0.4) is 0 Å². The Morgan fingerprint density at radius 1 is 1.05 bits per heavy atom. The highest BCUT2D eigenvalue weighted by atomic mass is 32.2. The molecular weight excluding hydrogens is 291 g/mol. The molecule has 3 nitrogen and oxygen atoms in total. The van der Waals surface area contributed by atoms with Crippen LogP contribution in [0.1, 0.15) is 18.1 Å². The monoisotopic (exact) mass is 308 g/mol. The number of hydrogen-bond donors (Lipinski definition) is 0. The Hall–Kier alpha value is -1.72. The van der Waals surface area contributed by atoms with Gasteiger partial charge in [-0.2, -0.15) is 8.42 Å². The standard InChI is InChI=1S/C16H17FO3S/c1-12-3-9-16(10-4-12)21(18,19)20-13(2)11-14-5-7-15(17)8-6-14/h3-10,13H,11H2,1-2H3. The lowest BCUT2D eigenvalue weighted by Crippen LogP contribution is -2.18. The van der Waals surface area contributed by atoms with Crippen LogP contribution in [0, 0.1) is 12.7 Å². The van der Waals surface area contributed by atoms with Gasteiger partial charge >= 0.3 is 0 Å². The van der Waals surface area contributed by atoms with Crippen molar-refractivity contribution in [3.05, 3.63) is 65.5 Å². The molecule has 0 fully saturated rings. The summed E-state index contributed by atoms with van der Waals surface area (Å²) in [7, 11) is -3.78. The van der Waals surface area contributed by atoms with Gasteiger partial charge in [0.05, 0.1) is 11.0 Å². The van der Waals surface area contributed by atoms with Crippen LogP contribution in [0.2, 0.25) is 0 Å². The maximum absolute atomic E-state index is 12.8. The number of benzene rings is 2. The molecule has 0 heterocycles. The van der Waals surface area contributed by atoms with E-state index in [1.54, 1.807) is 31.2 Å². The van der Waals surface area contributed by atoms with E-state index in [-0.39, 0.29) is 10.7 Å². The van der Waals surface area contributed by atoms with Crippen molar-refractivity contribution in [2.45, 2.75) is 31.3 Å². The van der Waals surface area contributed by atoms with E-state index in [1.807, 2.05) is 6.92 Å². The molecule has 0 radical (unpaired) electrons. The molecule has 0 aliphatic heterocycles. The molecule has 5 heteroatoms. The number of aryl methyl sites for hydroxylation is 1. The minimum atomic E-state index is -3.78. The molecule has 2 aromatic rings. The van der Waals surface area contributed by atoms with Gasteiger partial charge in [0.15, 0.2) is 0 Å². The van der Waals surface area contributed by atoms with E-state index in [0.29, 0.717) is 6.42 Å². The second-order valence-electron chi connectivity index (χ2n) is 5.00. The van der Waals surface area contributed by atoms with E-state index in [2.05, 4.69) is 0 Å². The van der Waals surface area contributed by atoms with E-state index in [4.69, 9.17) is 4.18 Å². The highest BCUT2D eigenvalue weighted by Gasteiger charge is 2.19. The molecule has 0 aliphatic carbocycles. The molecule has 21 heavy (non-hydrogen) atoms. The normalized spacial score (nSPS) is 13.1. The Balaban J connectivity index is 2.05. The maximum Gasteiger partial charge on any atom is 0.297 e. The second-order valence-corrected chi connectivity index (χ2v) is 6.58. The fraction of sp³-hybridized carbons (Fsp3) is 0.250. The predicted octanol–water partition coefficient (Wildman–Crippen LogP) is 3.47. The summed E-state index contributed by atoms with van der Waals surface area (Å²) in [6.45, 7) is 3.56. The summed E-state index contributed by atoms with van der Waals surface area (Å²) in [6.07, 6.45) is -0.132. The minimum absolute atomic E-state index is 0.138. The molecule has 0 saturated heterocycles. The number of rotatable bonds is 5. The summed E-state index contributed by atoms with van der Waals surface area (Å²) in [4.78, 5) is 0.138. The van der Waals surface area contributed by atoms with Crippen LogP contribution in [0.4, 0.5) is 4.39 Å². The van der Waals surface area contributed by atoms with E-state index in [9.17, 15) is 12.8 Å². The third kappa shape index (κ3) is 4.37. The van der Waals surface area contributed by atoms with Gasteiger partial charge in [-0.3, -0.25) is 4.18 Å². The predicted molar refractivity (Wildman–Crippen MR) is 79.0 cm³/mol. The minimum Gasteiger partial charge on any atom is -0.263 e. The molecule has 2 aromatic carbocycles. The summed E-state index contributed by atoms with van der Waals surface area (Å²) in [5.41, 5.74) is 1.80. The van der Waals surface area contributed by atoms with Gasteiger partial charge in [-0.05, 0) is 50.1 Å². The molecule has 0 aliphatic rings. The zero-order valence-corrected chi connectivity index (χ0v) is 12.7. The van der Waals surface area contributed by atoms with Crippen LogP contribution in [0.5, 0.6) is 0 Å². The van der Waals surface area contributed by atoms with Gasteiger partial charge in [0, 0.05) is 0 Å². The Kier molecular flexibility index (Phi) is 4.75. The summed E-state index contributed by atoms with van der Waals surface area (Å²) in [5.74, 6) is -0.320. The van der Waals surface area contributed by atoms with Gasteiger partial charge < -0.3 is 0 Å². The highest BCUT2D eigenvalue weighted by molar-refractivity contribution is 7.86. The van der Waals surface area contributed by atoms with Crippen molar-refractivity contribution in [3.63, 3.8) is 0 Å². The Labute approximate surface area is 124 Å². The van der Waals surface area contributed by atoms with Gasteiger partial charge in [-0.1, -0.05) is 29.8 Å². The highest BCUT2D eigenvalue weighted by Crippen LogP contribution is 2.17. The Morgan fingerprint density at radius 3 is 2.19 bits per heavy atom. The number of hydrogen-bond acceptors (Lipinski definition) is 3. The Morgan fingerprint density at radius 2 is 1.62 bits per heavy atom. The van der Waals surface area contributed by atoms with Crippen molar-refractivity contribution in [1.82, 2.24) is 0 Å². The molecule has 112 valence electrons. The topological polar surface area (TPSA) is 43.4 Å². The fourth-order valence-corrected chi connectivity index (χ4v) is 3.04. The fourth-order valence-electron chi connectivity index (χ4n) is 1.96. The molecular formula is C16H17FO3S. The molecule has 0 N–H and O–H groups in total. The van der Waals surface area contributed by atoms with Crippen molar-refractivity contribution in [2.24, 2.45) is 0 Å². The van der Waals surface area contributed by atoms with Gasteiger partial charge in [0.2, 0.25) is 0 Å². The van der Waals surface area contributed by atoms with Gasteiger partial charge in [0.25, 0.3) is 10.1 Å². The van der Waals surface area contributed by atoms with Crippen molar-refractivity contribution < 1.29 is 17.0 Å². The first-order valence-electron chi connectivity index (χ1n) is 6.61. The molecule has 0 bridgehead atoms. The van der Waals surface area contributed by atoms with Crippen molar-refractivity contribution in [3.8, 4) is 0 Å². The third-order valence-electron chi connectivity index (χ3n) is 3.04. The SMILES string of the molecule is Cc1ccc(S(=O)(=O)OC(C)Cc2ccc(F)cc2)cc1. The van der Waals surface area contributed by atoms with Crippen LogP contribution in [0.25, 0.3) is 0 Å². The summed E-state index contributed by atoms with van der Waals surface area (Å²) in [6, 6.07) is 12.4. The molecule has 2 rings (SSSR count). The molecule has 0 aromatic heterocycles. The lowest BCUT2D eigenvalue weighted by Gasteiger charge is -2.13. The first-order valence-corrected chi connectivity index (χ1v) is 8.02. The van der Waals surface area contributed by atoms with Gasteiger partial charge in [-0.15, -0.1) is 0 Å². The average molecular weight is 308 g/mol. The summed E-state index contributed by atoms with van der Waals surface area (Å²) in [5, 5.41) is 0. The van der Waals surface area contributed by atoms with Crippen LogP contribution in [0.15, 0.2) is 53.4 Å².